The lowest BCUT2D eigenvalue weighted by molar-refractivity contribution is 0.102. The SMILES string of the molecule is CC(C)c1ccc(NC(=O)c2cccc(CN3CCN(S(=O)(=O)c4ccccc4)CC3)c2)cc1. The topological polar surface area (TPSA) is 69.7 Å². The highest BCUT2D eigenvalue weighted by Crippen LogP contribution is 2.20. The van der Waals surface area contributed by atoms with Crippen molar-refractivity contribution in [2.24, 2.45) is 0 Å². The third kappa shape index (κ3) is 5.73. The highest BCUT2D eigenvalue weighted by atomic mass is 32.2. The maximum Gasteiger partial charge on any atom is 0.255 e. The van der Waals surface area contributed by atoms with Crippen molar-refractivity contribution in [3.05, 3.63) is 95.6 Å². The van der Waals surface area contributed by atoms with Crippen LogP contribution in [0.3, 0.4) is 0 Å². The molecule has 0 aromatic heterocycles. The number of hydrogen-bond acceptors (Lipinski definition) is 4. The molecule has 0 radical (unpaired) electrons. The number of rotatable bonds is 7. The fourth-order valence-electron chi connectivity index (χ4n) is 4.09. The van der Waals surface area contributed by atoms with Crippen molar-refractivity contribution in [1.82, 2.24) is 9.21 Å². The second-order valence-corrected chi connectivity index (χ2v) is 10.9. The normalized spacial score (nSPS) is 15.4. The quantitative estimate of drug-likeness (QED) is 0.541. The first-order valence-corrected chi connectivity index (χ1v) is 13.0. The molecule has 6 nitrogen and oxygen atoms in total. The second kappa shape index (κ2) is 10.5. The van der Waals surface area contributed by atoms with E-state index in [4.69, 9.17) is 0 Å². The van der Waals surface area contributed by atoms with E-state index in [-0.39, 0.29) is 5.91 Å². The lowest BCUT2D eigenvalue weighted by Gasteiger charge is -2.34. The number of benzene rings is 3. The molecule has 7 heteroatoms. The van der Waals surface area contributed by atoms with Crippen molar-refractivity contribution in [2.45, 2.75) is 31.2 Å². The van der Waals surface area contributed by atoms with E-state index in [0.29, 0.717) is 49.1 Å². The monoisotopic (exact) mass is 477 g/mol. The molecule has 1 heterocycles. The van der Waals surface area contributed by atoms with Gasteiger partial charge in [-0.15, -0.1) is 0 Å². The molecule has 0 atom stereocenters. The molecule has 1 fully saturated rings. The van der Waals surface area contributed by atoms with E-state index in [0.717, 1.165) is 11.3 Å². The largest absolute Gasteiger partial charge is 0.322 e. The van der Waals surface area contributed by atoms with Crippen LogP contribution in [0.15, 0.2) is 83.8 Å². The molecule has 1 amide bonds. The third-order valence-corrected chi connectivity index (χ3v) is 8.06. The van der Waals surface area contributed by atoms with Crippen molar-refractivity contribution < 1.29 is 13.2 Å². The number of piperazine rings is 1. The Hall–Kier alpha value is -3.00. The summed E-state index contributed by atoms with van der Waals surface area (Å²) < 4.78 is 27.2. The van der Waals surface area contributed by atoms with Crippen molar-refractivity contribution >= 4 is 21.6 Å². The summed E-state index contributed by atoms with van der Waals surface area (Å²) in [6.45, 7) is 7.13. The van der Waals surface area contributed by atoms with Gasteiger partial charge in [-0.3, -0.25) is 9.69 Å². The van der Waals surface area contributed by atoms with Gasteiger partial charge < -0.3 is 5.32 Å². The van der Waals surface area contributed by atoms with Crippen molar-refractivity contribution in [2.75, 3.05) is 31.5 Å². The van der Waals surface area contributed by atoms with Crippen LogP contribution in [-0.4, -0.2) is 49.7 Å². The molecule has 1 aliphatic heterocycles. The van der Waals surface area contributed by atoms with Gasteiger partial charge in [-0.25, -0.2) is 8.42 Å². The highest BCUT2D eigenvalue weighted by molar-refractivity contribution is 7.89. The van der Waals surface area contributed by atoms with Crippen LogP contribution < -0.4 is 5.32 Å². The van der Waals surface area contributed by atoms with Gasteiger partial charge in [0.05, 0.1) is 4.90 Å². The number of anilines is 1. The molecule has 4 rings (SSSR count). The zero-order valence-corrected chi connectivity index (χ0v) is 20.5. The Labute approximate surface area is 202 Å². The summed E-state index contributed by atoms with van der Waals surface area (Å²) in [6, 6.07) is 24.1. The number of carbonyl (C=O) groups is 1. The minimum atomic E-state index is -3.46. The summed E-state index contributed by atoms with van der Waals surface area (Å²) in [7, 11) is -3.46. The van der Waals surface area contributed by atoms with E-state index < -0.39 is 10.0 Å². The van der Waals surface area contributed by atoms with Gasteiger partial charge in [0.25, 0.3) is 5.91 Å². The fraction of sp³-hybridized carbons (Fsp3) is 0.296. The van der Waals surface area contributed by atoms with Gasteiger partial charge in [0.1, 0.15) is 0 Å². The van der Waals surface area contributed by atoms with E-state index in [1.165, 1.54) is 5.56 Å². The van der Waals surface area contributed by atoms with Gasteiger partial charge in [0.2, 0.25) is 10.0 Å². The number of carbonyl (C=O) groups excluding carboxylic acids is 1. The molecule has 178 valence electrons. The molecule has 0 saturated carbocycles. The van der Waals surface area contributed by atoms with Crippen LogP contribution in [-0.2, 0) is 16.6 Å². The summed E-state index contributed by atoms with van der Waals surface area (Å²) in [4.78, 5) is 15.3. The zero-order chi connectivity index (χ0) is 24.1. The van der Waals surface area contributed by atoms with Gasteiger partial charge in [-0.2, -0.15) is 4.31 Å². The number of hydrogen-bond donors (Lipinski definition) is 1. The van der Waals surface area contributed by atoms with Crippen LogP contribution in [0.4, 0.5) is 5.69 Å². The second-order valence-electron chi connectivity index (χ2n) is 8.92. The lowest BCUT2D eigenvalue weighted by atomic mass is 10.0. The molecule has 3 aromatic carbocycles. The van der Waals surface area contributed by atoms with Crippen LogP contribution in [0.1, 0.15) is 41.3 Å². The third-order valence-electron chi connectivity index (χ3n) is 6.14. The van der Waals surface area contributed by atoms with E-state index in [1.54, 1.807) is 28.6 Å². The molecule has 0 spiro atoms. The Morgan fingerprint density at radius 1 is 0.882 bits per heavy atom. The summed E-state index contributed by atoms with van der Waals surface area (Å²) in [5.41, 5.74) is 3.64. The molecule has 1 aliphatic rings. The van der Waals surface area contributed by atoms with Crippen molar-refractivity contribution in [1.29, 1.82) is 0 Å². The van der Waals surface area contributed by atoms with Gasteiger partial charge in [0.15, 0.2) is 0 Å². The minimum Gasteiger partial charge on any atom is -0.322 e. The molecular formula is C27H31N3O3S. The number of nitrogens with one attached hydrogen (secondary N) is 1. The first-order valence-electron chi connectivity index (χ1n) is 11.6. The molecule has 1 N–H and O–H groups in total. The highest BCUT2D eigenvalue weighted by Gasteiger charge is 2.28. The van der Waals surface area contributed by atoms with Gasteiger partial charge in [-0.05, 0) is 53.4 Å². The van der Waals surface area contributed by atoms with E-state index in [9.17, 15) is 13.2 Å². The predicted molar refractivity (Wildman–Crippen MR) is 135 cm³/mol. The summed E-state index contributed by atoms with van der Waals surface area (Å²) in [5, 5.41) is 2.97. The number of amides is 1. The molecule has 34 heavy (non-hydrogen) atoms. The standard InChI is InChI=1S/C27H31N3O3S/c1-21(2)23-11-13-25(14-12-23)28-27(31)24-8-6-7-22(19-24)20-29-15-17-30(18-16-29)34(32,33)26-9-4-3-5-10-26/h3-14,19,21H,15-18,20H2,1-2H3,(H,28,31). The van der Waals surface area contributed by atoms with Gasteiger partial charge >= 0.3 is 0 Å². The first kappa shape index (κ1) is 24.1. The molecule has 0 unspecified atom stereocenters. The maximum absolute atomic E-state index is 12.8. The lowest BCUT2D eigenvalue weighted by Crippen LogP contribution is -2.48. The number of sulfonamides is 1. The van der Waals surface area contributed by atoms with Gasteiger partial charge in [-0.1, -0.05) is 56.3 Å². The Kier molecular flexibility index (Phi) is 7.46. The molecule has 0 aliphatic carbocycles. The summed E-state index contributed by atoms with van der Waals surface area (Å²) in [5.74, 6) is 0.305. The van der Waals surface area contributed by atoms with Crippen molar-refractivity contribution in [3.8, 4) is 0 Å². The van der Waals surface area contributed by atoms with E-state index in [1.807, 2.05) is 54.6 Å². The molecular weight excluding hydrogens is 446 g/mol. The molecule has 0 bridgehead atoms. The average Bonchev–Trinajstić information content (AvgIpc) is 2.85. The van der Waals surface area contributed by atoms with Crippen LogP contribution in [0.25, 0.3) is 0 Å². The van der Waals surface area contributed by atoms with E-state index >= 15 is 0 Å². The molecule has 1 saturated heterocycles. The summed E-state index contributed by atoms with van der Waals surface area (Å²) >= 11 is 0. The van der Waals surface area contributed by atoms with Crippen LogP contribution in [0, 0.1) is 0 Å². The zero-order valence-electron chi connectivity index (χ0n) is 19.6. The van der Waals surface area contributed by atoms with Crippen LogP contribution >= 0.6 is 0 Å². The Balaban J connectivity index is 1.34. The minimum absolute atomic E-state index is 0.141. The van der Waals surface area contributed by atoms with Gasteiger partial charge in [0, 0.05) is 44.0 Å². The molecule has 3 aromatic rings. The Bertz CT molecular complexity index is 1220. The van der Waals surface area contributed by atoms with Crippen LogP contribution in [0.2, 0.25) is 0 Å². The smallest absolute Gasteiger partial charge is 0.255 e. The average molecular weight is 478 g/mol. The Morgan fingerprint density at radius 3 is 2.21 bits per heavy atom. The van der Waals surface area contributed by atoms with E-state index in [2.05, 4.69) is 24.1 Å². The summed E-state index contributed by atoms with van der Waals surface area (Å²) in [6.07, 6.45) is 0. The van der Waals surface area contributed by atoms with Crippen LogP contribution in [0.5, 0.6) is 0 Å². The Morgan fingerprint density at radius 2 is 1.56 bits per heavy atom. The van der Waals surface area contributed by atoms with Crippen molar-refractivity contribution in [3.63, 3.8) is 0 Å². The number of nitrogens with zero attached hydrogens (tertiary/aromatic N) is 2. The fourth-order valence-corrected chi connectivity index (χ4v) is 5.54. The predicted octanol–water partition coefficient (Wildman–Crippen LogP) is 4.57. The maximum atomic E-state index is 12.8. The first-order chi connectivity index (χ1) is 16.3.